The Balaban J connectivity index is 1.86. The molecule has 8 heteroatoms. The van der Waals surface area contributed by atoms with E-state index in [0.29, 0.717) is 30.0 Å². The molecule has 1 aliphatic heterocycles. The number of carbonyl (C=O) groups excluding carboxylic acids is 1. The molecule has 2 heterocycles. The Labute approximate surface area is 148 Å². The van der Waals surface area contributed by atoms with Crippen molar-refractivity contribution in [1.82, 2.24) is 14.7 Å². The molecule has 134 valence electrons. The summed E-state index contributed by atoms with van der Waals surface area (Å²) in [6.45, 7) is 0.408. The lowest BCUT2D eigenvalue weighted by molar-refractivity contribution is 0.0479. The van der Waals surface area contributed by atoms with Gasteiger partial charge < -0.3 is 10.0 Å². The summed E-state index contributed by atoms with van der Waals surface area (Å²) in [4.78, 5) is 14.3. The fourth-order valence-corrected chi connectivity index (χ4v) is 3.37. The number of alkyl halides is 2. The van der Waals surface area contributed by atoms with E-state index in [1.807, 2.05) is 0 Å². The summed E-state index contributed by atoms with van der Waals surface area (Å²) < 4.78 is 27.5. The Kier molecular flexibility index (Phi) is 5.06. The zero-order chi connectivity index (χ0) is 18.1. The van der Waals surface area contributed by atoms with Crippen LogP contribution in [0.1, 0.15) is 47.0 Å². The minimum Gasteiger partial charge on any atom is -0.386 e. The monoisotopic (exact) mass is 369 g/mol. The van der Waals surface area contributed by atoms with Gasteiger partial charge in [0.25, 0.3) is 12.3 Å². The molecule has 2 aromatic rings. The highest BCUT2D eigenvalue weighted by molar-refractivity contribution is 6.30. The predicted octanol–water partition coefficient (Wildman–Crippen LogP) is 3.35. The Hall–Kier alpha value is -1.99. The second kappa shape index (κ2) is 7.09. The first-order chi connectivity index (χ1) is 11.9. The average molecular weight is 370 g/mol. The van der Waals surface area contributed by atoms with E-state index in [0.717, 1.165) is 0 Å². The fourth-order valence-electron chi connectivity index (χ4n) is 3.24. The van der Waals surface area contributed by atoms with Gasteiger partial charge in [-0.3, -0.25) is 9.48 Å². The van der Waals surface area contributed by atoms with Crippen LogP contribution in [0.15, 0.2) is 30.5 Å². The van der Waals surface area contributed by atoms with Gasteiger partial charge in [-0.2, -0.15) is 5.10 Å². The molecule has 1 N–H and O–H groups in total. The van der Waals surface area contributed by atoms with Gasteiger partial charge in [-0.15, -0.1) is 0 Å². The van der Waals surface area contributed by atoms with Gasteiger partial charge in [0.1, 0.15) is 5.69 Å². The maximum atomic E-state index is 13.1. The number of likely N-dealkylation sites (tertiary alicyclic amines) is 1. The summed E-state index contributed by atoms with van der Waals surface area (Å²) >= 11 is 5.86. The Bertz CT molecular complexity index is 764. The molecule has 25 heavy (non-hydrogen) atoms. The van der Waals surface area contributed by atoms with E-state index < -0.39 is 30.2 Å². The van der Waals surface area contributed by atoms with Gasteiger partial charge in [0.05, 0.1) is 17.7 Å². The van der Waals surface area contributed by atoms with Crippen LogP contribution in [0.3, 0.4) is 0 Å². The highest BCUT2D eigenvalue weighted by atomic mass is 35.5. The first kappa shape index (κ1) is 17.8. The van der Waals surface area contributed by atoms with E-state index in [1.165, 1.54) is 22.8 Å². The molecule has 1 fully saturated rings. The summed E-state index contributed by atoms with van der Waals surface area (Å²) in [6, 6.07) is 6.25. The lowest BCUT2D eigenvalue weighted by Crippen LogP contribution is -2.39. The van der Waals surface area contributed by atoms with Crippen LogP contribution in [-0.2, 0) is 7.05 Å². The van der Waals surface area contributed by atoms with Gasteiger partial charge in [-0.25, -0.2) is 8.78 Å². The molecule has 0 aliphatic carbocycles. The summed E-state index contributed by atoms with van der Waals surface area (Å²) in [6.07, 6.45) is -1.14. The lowest BCUT2D eigenvalue weighted by Gasteiger charge is -2.29. The quantitative estimate of drug-likeness (QED) is 0.899. The lowest BCUT2D eigenvalue weighted by atomic mass is 10.00. The molecule has 0 radical (unpaired) electrons. The normalized spacial score (nSPS) is 18.8. The largest absolute Gasteiger partial charge is 0.386 e. The summed E-state index contributed by atoms with van der Waals surface area (Å²) in [5.74, 6) is -0.529. The van der Waals surface area contributed by atoms with E-state index in [9.17, 15) is 18.7 Å². The number of aromatic nitrogens is 2. The maximum absolute atomic E-state index is 13.1. The topological polar surface area (TPSA) is 58.4 Å². The SMILES string of the molecule is Cn1cc(C(=O)N2CCCC2[C@@H](O)c2ccc(Cl)cc2)c(C(F)F)n1. The van der Waals surface area contributed by atoms with Gasteiger partial charge in [0.15, 0.2) is 0 Å². The van der Waals surface area contributed by atoms with Crippen LogP contribution < -0.4 is 0 Å². The third kappa shape index (κ3) is 3.52. The predicted molar refractivity (Wildman–Crippen MR) is 88.6 cm³/mol. The molecule has 0 bridgehead atoms. The van der Waals surface area contributed by atoms with Crippen LogP contribution in [0, 0.1) is 0 Å². The molecule has 1 saturated heterocycles. The van der Waals surface area contributed by atoms with Gasteiger partial charge in [0.2, 0.25) is 0 Å². The summed E-state index contributed by atoms with van der Waals surface area (Å²) in [5.41, 5.74) is -0.0128. The Morgan fingerprint density at radius 1 is 1.36 bits per heavy atom. The minimum absolute atomic E-state index is 0.118. The average Bonchev–Trinajstić information content (AvgIpc) is 3.21. The number of benzene rings is 1. The number of hydrogen-bond acceptors (Lipinski definition) is 3. The van der Waals surface area contributed by atoms with Crippen molar-refractivity contribution in [1.29, 1.82) is 0 Å². The number of carbonyl (C=O) groups is 1. The maximum Gasteiger partial charge on any atom is 0.282 e. The Morgan fingerprint density at radius 3 is 2.68 bits per heavy atom. The molecule has 2 atom stereocenters. The number of aryl methyl sites for hydroxylation is 1. The van der Waals surface area contributed by atoms with Crippen LogP contribution in [0.4, 0.5) is 8.78 Å². The molecule has 1 aromatic heterocycles. The summed E-state index contributed by atoms with van der Waals surface area (Å²) in [5, 5.41) is 14.9. The van der Waals surface area contributed by atoms with Gasteiger partial charge in [0, 0.05) is 24.8 Å². The van der Waals surface area contributed by atoms with Crippen LogP contribution in [0.25, 0.3) is 0 Å². The van der Waals surface area contributed by atoms with Crippen LogP contribution >= 0.6 is 11.6 Å². The number of aliphatic hydroxyl groups excluding tert-OH is 1. The van der Waals surface area contributed by atoms with E-state index in [2.05, 4.69) is 5.10 Å². The van der Waals surface area contributed by atoms with Crippen molar-refractivity contribution in [3.05, 3.63) is 52.3 Å². The number of halogens is 3. The van der Waals surface area contributed by atoms with Gasteiger partial charge >= 0.3 is 0 Å². The second-order valence-corrected chi connectivity index (χ2v) is 6.54. The highest BCUT2D eigenvalue weighted by Crippen LogP contribution is 2.32. The van der Waals surface area contributed by atoms with Crippen molar-refractivity contribution in [2.75, 3.05) is 6.54 Å². The van der Waals surface area contributed by atoms with Crippen molar-refractivity contribution in [2.24, 2.45) is 7.05 Å². The summed E-state index contributed by atoms with van der Waals surface area (Å²) in [7, 11) is 1.49. The zero-order valence-corrected chi connectivity index (χ0v) is 14.3. The molecule has 1 aliphatic rings. The zero-order valence-electron chi connectivity index (χ0n) is 13.6. The first-order valence-electron chi connectivity index (χ1n) is 7.94. The van der Waals surface area contributed by atoms with E-state index >= 15 is 0 Å². The van der Waals surface area contributed by atoms with Crippen molar-refractivity contribution in [2.45, 2.75) is 31.4 Å². The van der Waals surface area contributed by atoms with Crippen LogP contribution in [-0.4, -0.2) is 38.3 Å². The van der Waals surface area contributed by atoms with Crippen molar-refractivity contribution in [3.63, 3.8) is 0 Å². The van der Waals surface area contributed by atoms with Crippen molar-refractivity contribution < 1.29 is 18.7 Å². The van der Waals surface area contributed by atoms with Gasteiger partial charge in [-0.1, -0.05) is 23.7 Å². The van der Waals surface area contributed by atoms with E-state index in [1.54, 1.807) is 24.3 Å². The standard InChI is InChI=1S/C17H18ClF2N3O2/c1-22-9-12(14(21-22)16(19)20)17(25)23-8-2-3-13(23)15(24)10-4-6-11(18)7-5-10/h4-7,9,13,15-16,24H,2-3,8H2,1H3/t13?,15-/m0/s1. The minimum atomic E-state index is -2.83. The first-order valence-corrected chi connectivity index (χ1v) is 8.32. The molecule has 5 nitrogen and oxygen atoms in total. The molecule has 1 amide bonds. The molecule has 0 saturated carbocycles. The third-order valence-electron chi connectivity index (χ3n) is 4.43. The molecular weight excluding hydrogens is 352 g/mol. The molecule has 3 rings (SSSR count). The molecule has 0 spiro atoms. The molecule has 1 aromatic carbocycles. The fraction of sp³-hybridized carbons (Fsp3) is 0.412. The number of hydrogen-bond donors (Lipinski definition) is 1. The van der Waals surface area contributed by atoms with Gasteiger partial charge in [-0.05, 0) is 30.5 Å². The number of aliphatic hydroxyl groups is 1. The Morgan fingerprint density at radius 2 is 2.04 bits per heavy atom. The third-order valence-corrected chi connectivity index (χ3v) is 4.68. The van der Waals surface area contributed by atoms with E-state index in [4.69, 9.17) is 11.6 Å². The smallest absolute Gasteiger partial charge is 0.282 e. The molecule has 1 unspecified atom stereocenters. The van der Waals surface area contributed by atoms with E-state index in [-0.39, 0.29) is 5.56 Å². The number of rotatable bonds is 4. The molecular formula is C17H18ClF2N3O2. The van der Waals surface area contributed by atoms with Crippen LogP contribution in [0.2, 0.25) is 5.02 Å². The number of nitrogens with zero attached hydrogens (tertiary/aromatic N) is 3. The van der Waals surface area contributed by atoms with Crippen LogP contribution in [0.5, 0.6) is 0 Å². The second-order valence-electron chi connectivity index (χ2n) is 6.11. The van der Waals surface area contributed by atoms with Crippen molar-refractivity contribution in [3.8, 4) is 0 Å². The number of amides is 1. The van der Waals surface area contributed by atoms with Crippen molar-refractivity contribution >= 4 is 17.5 Å². The highest BCUT2D eigenvalue weighted by Gasteiger charge is 2.37.